The van der Waals surface area contributed by atoms with Crippen molar-refractivity contribution in [3.63, 3.8) is 0 Å². The predicted octanol–water partition coefficient (Wildman–Crippen LogP) is 3.21. The Hall–Kier alpha value is -0.400. The van der Waals surface area contributed by atoms with Crippen LogP contribution in [0.15, 0.2) is 17.0 Å². The lowest BCUT2D eigenvalue weighted by Gasteiger charge is -2.22. The molecule has 0 heterocycles. The first kappa shape index (κ1) is 18.6. The molecule has 0 aliphatic heterocycles. The third kappa shape index (κ3) is 5.38. The molecule has 0 aromatic heterocycles. The Labute approximate surface area is 134 Å². The lowest BCUT2D eigenvalue weighted by Crippen LogP contribution is -2.34. The molecule has 0 saturated heterocycles. The van der Waals surface area contributed by atoms with Crippen molar-refractivity contribution in [2.24, 2.45) is 5.41 Å². The fourth-order valence-electron chi connectivity index (χ4n) is 1.78. The second kappa shape index (κ2) is 6.79. The Morgan fingerprint density at radius 2 is 1.90 bits per heavy atom. The average Bonchev–Trinajstić information content (AvgIpc) is 2.31. The van der Waals surface area contributed by atoms with E-state index in [1.165, 1.54) is 0 Å². The fraction of sp³-hybridized carbons (Fsp3) is 0.538. The standard InChI is InChI=1S/C13H18Cl2FNO3S/c1-13(2,3)6-8(18)7-17-21(19,20)10-5-4-9(14)12(16)11(10)15/h4-5,8,17-18H,6-7H2,1-3H3. The molecule has 0 radical (unpaired) electrons. The monoisotopic (exact) mass is 357 g/mol. The first-order valence-corrected chi connectivity index (χ1v) is 8.49. The summed E-state index contributed by atoms with van der Waals surface area (Å²) >= 11 is 11.2. The van der Waals surface area contributed by atoms with Crippen molar-refractivity contribution in [3.8, 4) is 0 Å². The van der Waals surface area contributed by atoms with Crippen LogP contribution >= 0.6 is 23.2 Å². The average molecular weight is 358 g/mol. The zero-order chi connectivity index (χ0) is 16.4. The third-order valence-corrected chi connectivity index (χ3v) is 4.89. The molecule has 1 aromatic rings. The molecule has 1 unspecified atom stereocenters. The molecule has 0 aliphatic carbocycles. The van der Waals surface area contributed by atoms with E-state index in [1.54, 1.807) is 0 Å². The van der Waals surface area contributed by atoms with Crippen LogP contribution in [0, 0.1) is 11.2 Å². The van der Waals surface area contributed by atoms with Crippen molar-refractivity contribution in [3.05, 3.63) is 28.0 Å². The second-order valence-electron chi connectivity index (χ2n) is 5.94. The van der Waals surface area contributed by atoms with Crippen LogP contribution in [0.3, 0.4) is 0 Å². The van der Waals surface area contributed by atoms with Gasteiger partial charge >= 0.3 is 0 Å². The molecule has 1 rings (SSSR count). The van der Waals surface area contributed by atoms with Gasteiger partial charge in [-0.05, 0) is 24.0 Å². The van der Waals surface area contributed by atoms with Crippen molar-refractivity contribution >= 4 is 33.2 Å². The fourth-order valence-corrected chi connectivity index (χ4v) is 3.59. The number of sulfonamides is 1. The van der Waals surface area contributed by atoms with Gasteiger partial charge in [0.1, 0.15) is 4.90 Å². The Kier molecular flexibility index (Phi) is 6.03. The summed E-state index contributed by atoms with van der Waals surface area (Å²) < 4.78 is 39.9. The molecule has 120 valence electrons. The van der Waals surface area contributed by atoms with Gasteiger partial charge in [-0.1, -0.05) is 44.0 Å². The van der Waals surface area contributed by atoms with Gasteiger partial charge in [-0.25, -0.2) is 17.5 Å². The number of halogens is 3. The lowest BCUT2D eigenvalue weighted by atomic mass is 9.89. The highest BCUT2D eigenvalue weighted by molar-refractivity contribution is 7.89. The Balaban J connectivity index is 2.86. The number of aliphatic hydroxyl groups is 1. The van der Waals surface area contributed by atoms with Crippen molar-refractivity contribution in [1.82, 2.24) is 4.72 Å². The van der Waals surface area contributed by atoms with E-state index < -0.39 is 31.9 Å². The van der Waals surface area contributed by atoms with Crippen LogP contribution in [0.5, 0.6) is 0 Å². The summed E-state index contributed by atoms with van der Waals surface area (Å²) in [7, 11) is -4.02. The zero-order valence-electron chi connectivity index (χ0n) is 12.0. The summed E-state index contributed by atoms with van der Waals surface area (Å²) in [6, 6.07) is 2.23. The topological polar surface area (TPSA) is 66.4 Å². The molecule has 4 nitrogen and oxygen atoms in total. The van der Waals surface area contributed by atoms with Crippen molar-refractivity contribution in [2.75, 3.05) is 6.54 Å². The molecule has 8 heteroatoms. The van der Waals surface area contributed by atoms with E-state index in [4.69, 9.17) is 23.2 Å². The maximum absolute atomic E-state index is 13.5. The maximum Gasteiger partial charge on any atom is 0.242 e. The number of benzene rings is 1. The number of hydrogen-bond acceptors (Lipinski definition) is 3. The van der Waals surface area contributed by atoms with Crippen molar-refractivity contribution < 1.29 is 17.9 Å². The van der Waals surface area contributed by atoms with Gasteiger partial charge in [0.15, 0.2) is 5.82 Å². The summed E-state index contributed by atoms with van der Waals surface area (Å²) in [6.45, 7) is 5.60. The summed E-state index contributed by atoms with van der Waals surface area (Å²) in [5.74, 6) is -0.989. The number of rotatable bonds is 5. The van der Waals surface area contributed by atoms with E-state index in [2.05, 4.69) is 4.72 Å². The van der Waals surface area contributed by atoms with Gasteiger partial charge in [0, 0.05) is 6.54 Å². The van der Waals surface area contributed by atoms with E-state index in [1.807, 2.05) is 20.8 Å². The molecule has 1 atom stereocenters. The SMILES string of the molecule is CC(C)(C)CC(O)CNS(=O)(=O)c1ccc(Cl)c(F)c1Cl. The Morgan fingerprint density at radius 3 is 2.43 bits per heavy atom. The molecule has 2 N–H and O–H groups in total. The van der Waals surface area contributed by atoms with Crippen molar-refractivity contribution in [1.29, 1.82) is 0 Å². The van der Waals surface area contributed by atoms with Crippen LogP contribution < -0.4 is 4.72 Å². The highest BCUT2D eigenvalue weighted by atomic mass is 35.5. The zero-order valence-corrected chi connectivity index (χ0v) is 14.3. The molecule has 0 bridgehead atoms. The van der Waals surface area contributed by atoms with E-state index in [-0.39, 0.29) is 17.0 Å². The van der Waals surface area contributed by atoms with E-state index in [0.29, 0.717) is 6.42 Å². The second-order valence-corrected chi connectivity index (χ2v) is 8.46. The molecular weight excluding hydrogens is 340 g/mol. The molecule has 0 amide bonds. The van der Waals surface area contributed by atoms with Gasteiger partial charge in [0.2, 0.25) is 10.0 Å². The quantitative estimate of drug-likeness (QED) is 0.795. The van der Waals surface area contributed by atoms with E-state index in [9.17, 15) is 17.9 Å². The van der Waals surface area contributed by atoms with Gasteiger partial charge in [-0.2, -0.15) is 0 Å². The first-order valence-electron chi connectivity index (χ1n) is 6.25. The molecule has 1 aromatic carbocycles. The highest BCUT2D eigenvalue weighted by Gasteiger charge is 2.24. The van der Waals surface area contributed by atoms with Crippen LogP contribution in [-0.4, -0.2) is 26.2 Å². The van der Waals surface area contributed by atoms with E-state index >= 15 is 0 Å². The first-order chi connectivity index (χ1) is 9.44. The smallest absolute Gasteiger partial charge is 0.242 e. The lowest BCUT2D eigenvalue weighted by molar-refractivity contribution is 0.125. The molecule has 0 aliphatic rings. The van der Waals surface area contributed by atoms with Gasteiger partial charge in [0.25, 0.3) is 0 Å². The van der Waals surface area contributed by atoms with Gasteiger partial charge in [-0.3, -0.25) is 0 Å². The summed E-state index contributed by atoms with van der Waals surface area (Å²) in [5.41, 5.74) is -0.144. The van der Waals surface area contributed by atoms with E-state index in [0.717, 1.165) is 12.1 Å². The van der Waals surface area contributed by atoms with Crippen LogP contribution in [0.2, 0.25) is 10.0 Å². The van der Waals surface area contributed by atoms with Gasteiger partial charge < -0.3 is 5.11 Å². The molecule has 21 heavy (non-hydrogen) atoms. The Morgan fingerprint density at radius 1 is 1.33 bits per heavy atom. The summed E-state index contributed by atoms with van der Waals surface area (Å²) in [4.78, 5) is -0.408. The number of hydrogen-bond donors (Lipinski definition) is 2. The minimum Gasteiger partial charge on any atom is -0.392 e. The molecular formula is C13H18Cl2FNO3S. The van der Waals surface area contributed by atoms with Crippen LogP contribution in [0.4, 0.5) is 4.39 Å². The predicted molar refractivity (Wildman–Crippen MR) is 81.7 cm³/mol. The Bertz CT molecular complexity index is 615. The largest absolute Gasteiger partial charge is 0.392 e. The number of aliphatic hydroxyl groups excluding tert-OH is 1. The maximum atomic E-state index is 13.5. The molecule has 0 spiro atoms. The van der Waals surface area contributed by atoms with Crippen LogP contribution in [0.25, 0.3) is 0 Å². The van der Waals surface area contributed by atoms with Gasteiger partial charge in [0.05, 0.1) is 16.1 Å². The highest BCUT2D eigenvalue weighted by Crippen LogP contribution is 2.29. The minimum absolute atomic E-state index is 0.144. The number of nitrogens with one attached hydrogen (secondary N) is 1. The molecule has 0 saturated carbocycles. The van der Waals surface area contributed by atoms with Crippen molar-refractivity contribution in [2.45, 2.75) is 38.2 Å². The summed E-state index contributed by atoms with van der Waals surface area (Å²) in [5, 5.41) is 8.98. The van der Waals surface area contributed by atoms with Crippen LogP contribution in [-0.2, 0) is 10.0 Å². The minimum atomic E-state index is -4.02. The summed E-state index contributed by atoms with van der Waals surface area (Å²) in [6.07, 6.45) is -0.436. The normalized spacial score (nSPS) is 14.2. The molecule has 0 fully saturated rings. The third-order valence-electron chi connectivity index (χ3n) is 2.65. The van der Waals surface area contributed by atoms with Crippen LogP contribution in [0.1, 0.15) is 27.2 Å². The van der Waals surface area contributed by atoms with Gasteiger partial charge in [-0.15, -0.1) is 0 Å².